The molecule has 0 spiro atoms. The zero-order valence-electron chi connectivity index (χ0n) is 13.9. The molecule has 1 rings (SSSR count). The molecule has 120 valence electrons. The van der Waals surface area contributed by atoms with Gasteiger partial charge in [-0.1, -0.05) is 76.6 Å². The van der Waals surface area contributed by atoms with Crippen molar-refractivity contribution in [3.05, 3.63) is 35.4 Å². The van der Waals surface area contributed by atoms with Crippen molar-refractivity contribution in [2.75, 3.05) is 0 Å². The van der Waals surface area contributed by atoms with E-state index in [1.165, 1.54) is 44.1 Å². The van der Waals surface area contributed by atoms with Crippen LogP contribution in [0.3, 0.4) is 0 Å². The first-order valence-electron chi connectivity index (χ1n) is 8.71. The Morgan fingerprint density at radius 2 is 1.52 bits per heavy atom. The molecule has 3 N–H and O–H groups in total. The molecule has 1 aromatic rings. The van der Waals surface area contributed by atoms with Crippen LogP contribution < -0.4 is 5.73 Å². The standard InChI is InChI=1S/C19H33NO/c1-3-5-7-9-13-17-14-10-11-15-18(17)19(20,21)16-12-8-6-4-2/h10-11,14-15,21H,3-9,12-13,16,20H2,1-2H3. The highest BCUT2D eigenvalue weighted by atomic mass is 16.3. The van der Waals surface area contributed by atoms with Gasteiger partial charge in [0.25, 0.3) is 0 Å². The Balaban J connectivity index is 2.62. The summed E-state index contributed by atoms with van der Waals surface area (Å²) in [5.41, 5.74) is 7.18. The predicted molar refractivity (Wildman–Crippen MR) is 91.1 cm³/mol. The average molecular weight is 291 g/mol. The van der Waals surface area contributed by atoms with Gasteiger partial charge >= 0.3 is 0 Å². The highest BCUT2D eigenvalue weighted by Crippen LogP contribution is 2.26. The maximum atomic E-state index is 10.6. The molecule has 0 saturated heterocycles. The summed E-state index contributed by atoms with van der Waals surface area (Å²) >= 11 is 0. The molecule has 0 heterocycles. The Kier molecular flexibility index (Phi) is 8.63. The summed E-state index contributed by atoms with van der Waals surface area (Å²) in [6.07, 6.45) is 11.2. The molecule has 0 aliphatic carbocycles. The molecule has 2 heteroatoms. The molecule has 2 nitrogen and oxygen atoms in total. The second kappa shape index (κ2) is 9.97. The van der Waals surface area contributed by atoms with Crippen molar-refractivity contribution >= 4 is 0 Å². The number of aliphatic hydroxyl groups is 1. The lowest BCUT2D eigenvalue weighted by Gasteiger charge is -2.26. The van der Waals surface area contributed by atoms with Gasteiger partial charge in [-0.05, 0) is 31.2 Å². The number of hydrogen-bond acceptors (Lipinski definition) is 2. The van der Waals surface area contributed by atoms with Crippen LogP contribution in [0.2, 0.25) is 0 Å². The van der Waals surface area contributed by atoms with E-state index >= 15 is 0 Å². The van der Waals surface area contributed by atoms with Gasteiger partial charge in [-0.3, -0.25) is 5.73 Å². The normalized spacial score (nSPS) is 14.1. The minimum absolute atomic E-state index is 0.652. The molecule has 0 saturated carbocycles. The number of unbranched alkanes of at least 4 members (excludes halogenated alkanes) is 6. The lowest BCUT2D eigenvalue weighted by atomic mass is 9.90. The number of nitrogens with two attached hydrogens (primary N) is 1. The second-order valence-corrected chi connectivity index (χ2v) is 6.20. The molecule has 1 unspecified atom stereocenters. The zero-order valence-corrected chi connectivity index (χ0v) is 13.9. The van der Waals surface area contributed by atoms with E-state index in [0.29, 0.717) is 6.42 Å². The average Bonchev–Trinajstić information content (AvgIpc) is 2.48. The topological polar surface area (TPSA) is 46.2 Å². The van der Waals surface area contributed by atoms with E-state index in [0.717, 1.165) is 24.8 Å². The molecule has 0 aromatic heterocycles. The van der Waals surface area contributed by atoms with Gasteiger partial charge in [-0.15, -0.1) is 0 Å². The van der Waals surface area contributed by atoms with Crippen LogP contribution in [0.15, 0.2) is 24.3 Å². The van der Waals surface area contributed by atoms with Crippen LogP contribution in [0.1, 0.15) is 82.8 Å². The number of aryl methyl sites for hydroxylation is 1. The van der Waals surface area contributed by atoms with Crippen LogP contribution in [-0.4, -0.2) is 5.11 Å². The minimum atomic E-state index is -1.17. The summed E-state index contributed by atoms with van der Waals surface area (Å²) < 4.78 is 0. The van der Waals surface area contributed by atoms with E-state index in [2.05, 4.69) is 19.9 Å². The van der Waals surface area contributed by atoms with Crippen molar-refractivity contribution in [2.45, 2.75) is 83.8 Å². The third kappa shape index (κ3) is 6.62. The van der Waals surface area contributed by atoms with Crippen LogP contribution >= 0.6 is 0 Å². The van der Waals surface area contributed by atoms with Crippen LogP contribution in [0.25, 0.3) is 0 Å². The zero-order chi connectivity index (χ0) is 15.6. The molecular formula is C19H33NO. The minimum Gasteiger partial charge on any atom is -0.372 e. The van der Waals surface area contributed by atoms with Gasteiger partial charge in [-0.25, -0.2) is 0 Å². The summed E-state index contributed by atoms with van der Waals surface area (Å²) in [6, 6.07) is 8.14. The van der Waals surface area contributed by atoms with Gasteiger partial charge in [0.05, 0.1) is 0 Å². The summed E-state index contributed by atoms with van der Waals surface area (Å²) in [4.78, 5) is 0. The maximum Gasteiger partial charge on any atom is 0.139 e. The summed E-state index contributed by atoms with van der Waals surface area (Å²) in [5, 5.41) is 10.6. The molecule has 0 radical (unpaired) electrons. The van der Waals surface area contributed by atoms with Crippen molar-refractivity contribution in [1.29, 1.82) is 0 Å². The van der Waals surface area contributed by atoms with Crippen LogP contribution in [0, 0.1) is 0 Å². The van der Waals surface area contributed by atoms with E-state index in [4.69, 9.17) is 5.73 Å². The Bertz CT molecular complexity index is 387. The first-order chi connectivity index (χ1) is 10.1. The van der Waals surface area contributed by atoms with Crippen molar-refractivity contribution in [1.82, 2.24) is 0 Å². The fourth-order valence-corrected chi connectivity index (χ4v) is 2.86. The fraction of sp³-hybridized carbons (Fsp3) is 0.684. The third-order valence-corrected chi connectivity index (χ3v) is 4.19. The number of hydrogen-bond donors (Lipinski definition) is 2. The van der Waals surface area contributed by atoms with E-state index in [1.54, 1.807) is 0 Å². The summed E-state index contributed by atoms with van der Waals surface area (Å²) in [6.45, 7) is 4.42. The Morgan fingerprint density at radius 3 is 2.19 bits per heavy atom. The third-order valence-electron chi connectivity index (χ3n) is 4.19. The van der Waals surface area contributed by atoms with Crippen molar-refractivity contribution in [2.24, 2.45) is 5.73 Å². The van der Waals surface area contributed by atoms with Crippen molar-refractivity contribution in [3.63, 3.8) is 0 Å². The molecule has 0 aliphatic rings. The highest BCUT2D eigenvalue weighted by molar-refractivity contribution is 5.31. The maximum absolute atomic E-state index is 10.6. The van der Waals surface area contributed by atoms with Crippen molar-refractivity contribution in [3.8, 4) is 0 Å². The van der Waals surface area contributed by atoms with Gasteiger partial charge in [-0.2, -0.15) is 0 Å². The molecule has 1 atom stereocenters. The van der Waals surface area contributed by atoms with Crippen LogP contribution in [0.4, 0.5) is 0 Å². The quantitative estimate of drug-likeness (QED) is 0.450. The summed E-state index contributed by atoms with van der Waals surface area (Å²) in [7, 11) is 0. The lowest BCUT2D eigenvalue weighted by molar-refractivity contribution is 0.0306. The molecule has 21 heavy (non-hydrogen) atoms. The van der Waals surface area contributed by atoms with Gasteiger partial charge in [0, 0.05) is 5.56 Å². The molecular weight excluding hydrogens is 258 g/mol. The van der Waals surface area contributed by atoms with Gasteiger partial charge in [0.15, 0.2) is 0 Å². The Morgan fingerprint density at radius 1 is 0.905 bits per heavy atom. The van der Waals surface area contributed by atoms with E-state index in [9.17, 15) is 5.11 Å². The molecule has 0 fully saturated rings. The van der Waals surface area contributed by atoms with E-state index in [1.807, 2.05) is 18.2 Å². The SMILES string of the molecule is CCCCCCc1ccccc1C(N)(O)CCCCCC. The van der Waals surface area contributed by atoms with Gasteiger partial charge < -0.3 is 5.11 Å². The number of benzene rings is 1. The van der Waals surface area contributed by atoms with Crippen LogP contribution in [-0.2, 0) is 12.1 Å². The monoisotopic (exact) mass is 291 g/mol. The fourth-order valence-electron chi connectivity index (χ4n) is 2.86. The molecule has 0 amide bonds. The predicted octanol–water partition coefficient (Wildman–Crippen LogP) is 4.88. The molecule has 0 bridgehead atoms. The first-order valence-corrected chi connectivity index (χ1v) is 8.71. The largest absolute Gasteiger partial charge is 0.372 e. The second-order valence-electron chi connectivity index (χ2n) is 6.20. The molecule has 0 aliphatic heterocycles. The summed E-state index contributed by atoms with van der Waals surface area (Å²) in [5.74, 6) is 0. The highest BCUT2D eigenvalue weighted by Gasteiger charge is 2.25. The Labute approximate surface area is 130 Å². The van der Waals surface area contributed by atoms with E-state index in [-0.39, 0.29) is 0 Å². The van der Waals surface area contributed by atoms with Crippen molar-refractivity contribution < 1.29 is 5.11 Å². The molecule has 1 aromatic carbocycles. The van der Waals surface area contributed by atoms with E-state index < -0.39 is 5.72 Å². The smallest absolute Gasteiger partial charge is 0.139 e. The Hall–Kier alpha value is -0.860. The first kappa shape index (κ1) is 18.2. The number of rotatable bonds is 11. The van der Waals surface area contributed by atoms with Gasteiger partial charge in [0.2, 0.25) is 0 Å². The van der Waals surface area contributed by atoms with Gasteiger partial charge in [0.1, 0.15) is 5.72 Å². The van der Waals surface area contributed by atoms with Crippen LogP contribution in [0.5, 0.6) is 0 Å². The lowest BCUT2D eigenvalue weighted by Crippen LogP contribution is -2.37.